The van der Waals surface area contributed by atoms with Crippen LogP contribution in [0.4, 0.5) is 5.69 Å². The Kier molecular flexibility index (Phi) is 5.86. The van der Waals surface area contributed by atoms with Crippen molar-refractivity contribution in [3.05, 3.63) is 96.8 Å². The van der Waals surface area contributed by atoms with Crippen LogP contribution in [0.3, 0.4) is 0 Å². The Balaban J connectivity index is 1.69. The Morgan fingerprint density at radius 1 is 1.00 bits per heavy atom. The molecule has 0 fully saturated rings. The van der Waals surface area contributed by atoms with Crippen LogP contribution in [0.2, 0.25) is 0 Å². The second-order valence-electron chi connectivity index (χ2n) is 7.54. The second-order valence-corrected chi connectivity index (χ2v) is 8.57. The Hall–Kier alpha value is -3.45. The fourth-order valence-electron chi connectivity index (χ4n) is 3.68. The number of nitrogens with one attached hydrogen (secondary N) is 1. The highest BCUT2D eigenvalue weighted by Crippen LogP contribution is 2.16. The maximum atomic E-state index is 13.2. The van der Waals surface area contributed by atoms with Gasteiger partial charge in [0.2, 0.25) is 5.91 Å². The number of carbonyl (C=O) groups is 1. The van der Waals surface area contributed by atoms with Crippen LogP contribution in [0.5, 0.6) is 0 Å². The molecule has 0 radical (unpaired) electrons. The lowest BCUT2D eigenvalue weighted by Crippen LogP contribution is -2.42. The SMILES string of the molecule is Cc1ccc(NC(=O)Cn2c(=O)n(CCc3cccs3)c(=O)c3ccccc32)c(C)c1. The molecule has 0 saturated carbocycles. The smallest absolute Gasteiger partial charge is 0.324 e. The number of anilines is 1. The van der Waals surface area contributed by atoms with Gasteiger partial charge >= 0.3 is 5.69 Å². The van der Waals surface area contributed by atoms with Crippen LogP contribution in [0, 0.1) is 13.8 Å². The predicted octanol–water partition coefficient (Wildman–Crippen LogP) is 3.72. The first-order valence-electron chi connectivity index (χ1n) is 10.1. The number of benzene rings is 2. The van der Waals surface area contributed by atoms with Crippen LogP contribution < -0.4 is 16.6 Å². The molecule has 0 saturated heterocycles. The zero-order valence-electron chi connectivity index (χ0n) is 17.4. The average Bonchev–Trinajstić information content (AvgIpc) is 3.27. The summed E-state index contributed by atoms with van der Waals surface area (Å²) in [4.78, 5) is 40.1. The molecule has 0 unspecified atom stereocenters. The molecule has 0 bridgehead atoms. The zero-order valence-corrected chi connectivity index (χ0v) is 18.2. The van der Waals surface area contributed by atoms with E-state index in [1.807, 2.05) is 49.6 Å². The number of aryl methyl sites for hydroxylation is 3. The van der Waals surface area contributed by atoms with Gasteiger partial charge in [-0.1, -0.05) is 35.9 Å². The largest absolute Gasteiger partial charge is 0.331 e. The summed E-state index contributed by atoms with van der Waals surface area (Å²) in [5.74, 6) is -0.317. The summed E-state index contributed by atoms with van der Waals surface area (Å²) >= 11 is 1.59. The third-order valence-electron chi connectivity index (χ3n) is 5.25. The fourth-order valence-corrected chi connectivity index (χ4v) is 4.38. The number of nitrogens with zero attached hydrogens (tertiary/aromatic N) is 2. The van der Waals surface area contributed by atoms with Gasteiger partial charge in [0.1, 0.15) is 6.54 Å². The second kappa shape index (κ2) is 8.73. The summed E-state index contributed by atoms with van der Waals surface area (Å²) in [6.07, 6.45) is 0.583. The summed E-state index contributed by atoms with van der Waals surface area (Å²) in [5, 5.41) is 5.27. The van der Waals surface area contributed by atoms with Crippen LogP contribution in [-0.4, -0.2) is 15.0 Å². The van der Waals surface area contributed by atoms with Crippen molar-refractivity contribution in [1.82, 2.24) is 9.13 Å². The molecule has 0 aliphatic heterocycles. The number of fused-ring (bicyclic) bond motifs is 1. The molecule has 7 heteroatoms. The highest BCUT2D eigenvalue weighted by Gasteiger charge is 2.16. The van der Waals surface area contributed by atoms with Crippen LogP contribution in [-0.2, 0) is 24.3 Å². The molecule has 1 amide bonds. The Morgan fingerprint density at radius 2 is 1.81 bits per heavy atom. The molecule has 0 atom stereocenters. The monoisotopic (exact) mass is 433 g/mol. The maximum Gasteiger partial charge on any atom is 0.331 e. The zero-order chi connectivity index (χ0) is 22.0. The third-order valence-corrected chi connectivity index (χ3v) is 6.19. The van der Waals surface area contributed by atoms with Gasteiger partial charge in [0.25, 0.3) is 5.56 Å². The summed E-state index contributed by atoms with van der Waals surface area (Å²) < 4.78 is 2.61. The van der Waals surface area contributed by atoms with E-state index in [0.717, 1.165) is 16.0 Å². The van der Waals surface area contributed by atoms with E-state index in [9.17, 15) is 14.4 Å². The van der Waals surface area contributed by atoms with Crippen LogP contribution in [0.1, 0.15) is 16.0 Å². The van der Waals surface area contributed by atoms with Crippen molar-refractivity contribution in [1.29, 1.82) is 0 Å². The minimum Gasteiger partial charge on any atom is -0.324 e. The topological polar surface area (TPSA) is 73.1 Å². The summed E-state index contributed by atoms with van der Waals surface area (Å²) in [6.45, 7) is 4.01. The molecule has 1 N–H and O–H groups in total. The Morgan fingerprint density at radius 3 is 2.55 bits per heavy atom. The Labute approximate surface area is 183 Å². The number of para-hydroxylation sites is 1. The van der Waals surface area contributed by atoms with Gasteiger partial charge < -0.3 is 5.32 Å². The molecule has 0 spiro atoms. The summed E-state index contributed by atoms with van der Waals surface area (Å²) in [6, 6.07) is 16.6. The molecule has 6 nitrogen and oxygen atoms in total. The number of aromatic nitrogens is 2. The first kappa shape index (κ1) is 20.8. The number of hydrogen-bond donors (Lipinski definition) is 1. The van der Waals surface area contributed by atoms with Gasteiger partial charge in [0, 0.05) is 17.1 Å². The van der Waals surface area contributed by atoms with Crippen molar-refractivity contribution >= 4 is 33.8 Å². The van der Waals surface area contributed by atoms with Crippen LogP contribution in [0.15, 0.2) is 69.6 Å². The number of rotatable bonds is 6. The van der Waals surface area contributed by atoms with Gasteiger partial charge in [-0.25, -0.2) is 4.79 Å². The molecule has 158 valence electrons. The van der Waals surface area contributed by atoms with Crippen molar-refractivity contribution < 1.29 is 4.79 Å². The highest BCUT2D eigenvalue weighted by atomic mass is 32.1. The summed E-state index contributed by atoms with van der Waals surface area (Å²) in [7, 11) is 0. The van der Waals surface area contributed by atoms with E-state index in [2.05, 4.69) is 5.32 Å². The standard InChI is InChI=1S/C24H23N3O3S/c1-16-9-10-20(17(2)14-16)25-22(28)15-27-21-8-4-3-7-19(21)23(29)26(24(27)30)12-11-18-6-5-13-31-18/h3-10,13-14H,11-12,15H2,1-2H3,(H,25,28). The van der Waals surface area contributed by atoms with Gasteiger partial charge in [-0.3, -0.25) is 18.7 Å². The number of thiophene rings is 1. The van der Waals surface area contributed by atoms with E-state index in [-0.39, 0.29) is 24.6 Å². The molecular weight excluding hydrogens is 410 g/mol. The highest BCUT2D eigenvalue weighted by molar-refractivity contribution is 7.09. The molecule has 2 aromatic carbocycles. The van der Waals surface area contributed by atoms with Crippen LogP contribution in [0.25, 0.3) is 10.9 Å². The lowest BCUT2D eigenvalue weighted by atomic mass is 10.1. The first-order valence-corrected chi connectivity index (χ1v) is 10.9. The maximum absolute atomic E-state index is 13.2. The van der Waals surface area contributed by atoms with Crippen molar-refractivity contribution in [3.8, 4) is 0 Å². The van der Waals surface area contributed by atoms with Crippen molar-refractivity contribution in [2.24, 2.45) is 0 Å². The molecule has 2 heterocycles. The van der Waals surface area contributed by atoms with E-state index in [1.54, 1.807) is 35.6 Å². The number of hydrogen-bond acceptors (Lipinski definition) is 4. The number of carbonyl (C=O) groups excluding carboxylic acids is 1. The average molecular weight is 434 g/mol. The van der Waals surface area contributed by atoms with Crippen molar-refractivity contribution in [3.63, 3.8) is 0 Å². The van der Waals surface area contributed by atoms with E-state index in [4.69, 9.17) is 0 Å². The molecule has 0 aliphatic carbocycles. The van der Waals surface area contributed by atoms with Gasteiger partial charge in [-0.2, -0.15) is 0 Å². The minimum absolute atomic E-state index is 0.175. The minimum atomic E-state index is -0.476. The molecule has 0 aliphatic rings. The lowest BCUT2D eigenvalue weighted by molar-refractivity contribution is -0.116. The van der Waals surface area contributed by atoms with E-state index in [1.165, 1.54) is 9.13 Å². The van der Waals surface area contributed by atoms with E-state index in [0.29, 0.717) is 23.0 Å². The van der Waals surface area contributed by atoms with Gasteiger partial charge in [-0.15, -0.1) is 11.3 Å². The van der Waals surface area contributed by atoms with E-state index < -0.39 is 5.69 Å². The molecule has 2 aromatic heterocycles. The number of amides is 1. The molecule has 4 rings (SSSR count). The van der Waals surface area contributed by atoms with Gasteiger partial charge in [-0.05, 0) is 55.5 Å². The Bertz CT molecular complexity index is 1370. The molecular formula is C24H23N3O3S. The molecule has 31 heavy (non-hydrogen) atoms. The van der Waals surface area contributed by atoms with Gasteiger partial charge in [0.15, 0.2) is 0 Å². The molecule has 4 aromatic rings. The quantitative estimate of drug-likeness (QED) is 0.504. The third kappa shape index (κ3) is 4.36. The van der Waals surface area contributed by atoms with Gasteiger partial charge in [0.05, 0.1) is 10.9 Å². The predicted molar refractivity (Wildman–Crippen MR) is 125 cm³/mol. The summed E-state index contributed by atoms with van der Waals surface area (Å²) in [5.41, 5.74) is 2.42. The van der Waals surface area contributed by atoms with E-state index >= 15 is 0 Å². The normalized spacial score (nSPS) is 11.0. The fraction of sp³-hybridized carbons (Fsp3) is 0.208. The lowest BCUT2D eigenvalue weighted by Gasteiger charge is -2.15. The first-order chi connectivity index (χ1) is 14.9. The van der Waals surface area contributed by atoms with Crippen molar-refractivity contribution in [2.75, 3.05) is 5.32 Å². The van der Waals surface area contributed by atoms with Crippen LogP contribution >= 0.6 is 11.3 Å². The van der Waals surface area contributed by atoms with Crippen molar-refractivity contribution in [2.45, 2.75) is 33.4 Å².